The van der Waals surface area contributed by atoms with E-state index in [1.54, 1.807) is 0 Å². The molecule has 1 heterocycles. The van der Waals surface area contributed by atoms with Crippen molar-refractivity contribution in [1.29, 1.82) is 0 Å². The van der Waals surface area contributed by atoms with Crippen LogP contribution in [0.5, 0.6) is 0 Å². The van der Waals surface area contributed by atoms with Crippen molar-refractivity contribution in [2.24, 2.45) is 5.92 Å². The summed E-state index contributed by atoms with van der Waals surface area (Å²) < 4.78 is 5.58. The topological polar surface area (TPSA) is 29.5 Å². The SMILES string of the molecule is CCCCCCC1CC(CO)CO1. The van der Waals surface area contributed by atoms with Crippen LogP contribution in [0, 0.1) is 5.92 Å². The molecule has 1 aliphatic heterocycles. The molecule has 2 unspecified atom stereocenters. The standard InChI is InChI=1S/C11H22O2/c1-2-3-4-5-6-11-7-10(8-12)9-13-11/h10-12H,2-9H2,1H3. The van der Waals surface area contributed by atoms with Gasteiger partial charge in [0, 0.05) is 12.5 Å². The van der Waals surface area contributed by atoms with Gasteiger partial charge in [0.2, 0.25) is 0 Å². The van der Waals surface area contributed by atoms with Gasteiger partial charge >= 0.3 is 0 Å². The maximum atomic E-state index is 8.91. The highest BCUT2D eigenvalue weighted by Crippen LogP contribution is 2.23. The van der Waals surface area contributed by atoms with Crippen molar-refractivity contribution >= 4 is 0 Å². The predicted octanol–water partition coefficient (Wildman–Crippen LogP) is 2.35. The summed E-state index contributed by atoms with van der Waals surface area (Å²) in [4.78, 5) is 0. The highest BCUT2D eigenvalue weighted by molar-refractivity contribution is 4.72. The Morgan fingerprint density at radius 3 is 2.77 bits per heavy atom. The van der Waals surface area contributed by atoms with E-state index in [1.807, 2.05) is 0 Å². The van der Waals surface area contributed by atoms with Crippen molar-refractivity contribution in [2.75, 3.05) is 13.2 Å². The molecule has 0 aromatic carbocycles. The minimum absolute atomic E-state index is 0.297. The molecule has 0 bridgehead atoms. The molecule has 2 atom stereocenters. The van der Waals surface area contributed by atoms with Gasteiger partial charge in [-0.2, -0.15) is 0 Å². The Balaban J connectivity index is 1.97. The van der Waals surface area contributed by atoms with Gasteiger partial charge in [-0.1, -0.05) is 32.6 Å². The van der Waals surface area contributed by atoms with Crippen LogP contribution in [-0.2, 0) is 4.74 Å². The molecule has 1 N–H and O–H groups in total. The summed E-state index contributed by atoms with van der Waals surface area (Å²) in [6.45, 7) is 3.30. The van der Waals surface area contributed by atoms with Crippen molar-refractivity contribution < 1.29 is 9.84 Å². The summed E-state index contributed by atoms with van der Waals surface area (Å²) in [5.74, 6) is 0.413. The van der Waals surface area contributed by atoms with Crippen LogP contribution in [-0.4, -0.2) is 24.4 Å². The molecule has 0 aliphatic carbocycles. The highest BCUT2D eigenvalue weighted by Gasteiger charge is 2.23. The lowest BCUT2D eigenvalue weighted by atomic mass is 10.0. The van der Waals surface area contributed by atoms with E-state index >= 15 is 0 Å². The summed E-state index contributed by atoms with van der Waals surface area (Å²) in [6.07, 6.45) is 7.96. The first-order valence-corrected chi connectivity index (χ1v) is 5.59. The molecule has 0 aromatic heterocycles. The quantitative estimate of drug-likeness (QED) is 0.645. The molecule has 0 spiro atoms. The Morgan fingerprint density at radius 1 is 1.31 bits per heavy atom. The van der Waals surface area contributed by atoms with Crippen molar-refractivity contribution in [1.82, 2.24) is 0 Å². The molecular formula is C11H22O2. The van der Waals surface area contributed by atoms with E-state index in [4.69, 9.17) is 9.84 Å². The van der Waals surface area contributed by atoms with Gasteiger partial charge in [0.1, 0.15) is 0 Å². The Labute approximate surface area is 81.3 Å². The molecule has 1 aliphatic rings. The van der Waals surface area contributed by atoms with Gasteiger partial charge in [0.15, 0.2) is 0 Å². The highest BCUT2D eigenvalue weighted by atomic mass is 16.5. The second-order valence-electron chi connectivity index (χ2n) is 4.09. The third-order valence-electron chi connectivity index (χ3n) is 2.80. The van der Waals surface area contributed by atoms with E-state index < -0.39 is 0 Å². The van der Waals surface area contributed by atoms with Crippen LogP contribution in [0.2, 0.25) is 0 Å². The molecular weight excluding hydrogens is 164 g/mol. The minimum atomic E-state index is 0.297. The summed E-state index contributed by atoms with van der Waals surface area (Å²) in [7, 11) is 0. The number of aliphatic hydroxyl groups is 1. The van der Waals surface area contributed by atoms with Gasteiger partial charge in [-0.25, -0.2) is 0 Å². The number of unbranched alkanes of at least 4 members (excludes halogenated alkanes) is 3. The summed E-state index contributed by atoms with van der Waals surface area (Å²) >= 11 is 0. The largest absolute Gasteiger partial charge is 0.396 e. The number of rotatable bonds is 6. The third-order valence-corrected chi connectivity index (χ3v) is 2.80. The lowest BCUT2D eigenvalue weighted by Gasteiger charge is -2.08. The molecule has 1 fully saturated rings. The van der Waals surface area contributed by atoms with Crippen molar-refractivity contribution in [3.8, 4) is 0 Å². The average Bonchev–Trinajstić information content (AvgIpc) is 2.60. The molecule has 0 aromatic rings. The molecule has 78 valence electrons. The van der Waals surface area contributed by atoms with Gasteiger partial charge in [-0.15, -0.1) is 0 Å². The molecule has 2 heteroatoms. The Kier molecular flexibility index (Phi) is 5.40. The van der Waals surface area contributed by atoms with Crippen LogP contribution in [0.3, 0.4) is 0 Å². The summed E-state index contributed by atoms with van der Waals surface area (Å²) in [5, 5.41) is 8.91. The first-order valence-electron chi connectivity index (χ1n) is 5.59. The second kappa shape index (κ2) is 6.39. The molecule has 2 nitrogen and oxygen atoms in total. The van der Waals surface area contributed by atoms with Crippen molar-refractivity contribution in [3.05, 3.63) is 0 Å². The van der Waals surface area contributed by atoms with E-state index in [-0.39, 0.29) is 0 Å². The number of hydrogen-bond acceptors (Lipinski definition) is 2. The molecule has 1 saturated heterocycles. The molecule has 0 amide bonds. The number of aliphatic hydroxyl groups excluding tert-OH is 1. The lowest BCUT2D eigenvalue weighted by Crippen LogP contribution is -2.06. The zero-order valence-electron chi connectivity index (χ0n) is 8.67. The Morgan fingerprint density at radius 2 is 2.15 bits per heavy atom. The molecule has 13 heavy (non-hydrogen) atoms. The Hall–Kier alpha value is -0.0800. The van der Waals surface area contributed by atoms with Crippen LogP contribution in [0.1, 0.15) is 45.4 Å². The maximum absolute atomic E-state index is 8.91. The van der Waals surface area contributed by atoms with Gasteiger partial charge in [0.05, 0.1) is 12.7 Å². The number of hydrogen-bond donors (Lipinski definition) is 1. The zero-order chi connectivity index (χ0) is 9.52. The van der Waals surface area contributed by atoms with Gasteiger partial charge in [-0.05, 0) is 12.8 Å². The fraction of sp³-hybridized carbons (Fsp3) is 1.00. The van der Waals surface area contributed by atoms with Crippen LogP contribution in [0.4, 0.5) is 0 Å². The molecule has 0 saturated carbocycles. The monoisotopic (exact) mass is 186 g/mol. The van der Waals surface area contributed by atoms with Gasteiger partial charge in [-0.3, -0.25) is 0 Å². The predicted molar refractivity (Wildman–Crippen MR) is 53.7 cm³/mol. The first-order chi connectivity index (χ1) is 6.36. The normalized spacial score (nSPS) is 28.2. The average molecular weight is 186 g/mol. The Bertz CT molecular complexity index is 125. The summed E-state index contributed by atoms with van der Waals surface area (Å²) in [5.41, 5.74) is 0. The van der Waals surface area contributed by atoms with E-state index in [0.29, 0.717) is 18.6 Å². The van der Waals surface area contributed by atoms with Crippen LogP contribution < -0.4 is 0 Å². The van der Waals surface area contributed by atoms with Crippen LogP contribution >= 0.6 is 0 Å². The fourth-order valence-electron chi connectivity index (χ4n) is 1.91. The molecule has 1 rings (SSSR count). The smallest absolute Gasteiger partial charge is 0.0579 e. The summed E-state index contributed by atoms with van der Waals surface area (Å²) in [6, 6.07) is 0. The van der Waals surface area contributed by atoms with Gasteiger partial charge in [0.25, 0.3) is 0 Å². The van der Waals surface area contributed by atoms with Crippen molar-refractivity contribution in [3.63, 3.8) is 0 Å². The fourth-order valence-corrected chi connectivity index (χ4v) is 1.91. The number of ether oxygens (including phenoxy) is 1. The van der Waals surface area contributed by atoms with E-state index in [9.17, 15) is 0 Å². The van der Waals surface area contributed by atoms with E-state index in [0.717, 1.165) is 13.0 Å². The van der Waals surface area contributed by atoms with E-state index in [1.165, 1.54) is 32.1 Å². The lowest BCUT2D eigenvalue weighted by molar-refractivity contribution is 0.0934. The first kappa shape index (κ1) is 11.0. The van der Waals surface area contributed by atoms with Crippen molar-refractivity contribution in [2.45, 2.75) is 51.6 Å². The van der Waals surface area contributed by atoms with E-state index in [2.05, 4.69) is 6.92 Å². The zero-order valence-corrected chi connectivity index (χ0v) is 8.67. The van der Waals surface area contributed by atoms with Crippen LogP contribution in [0.15, 0.2) is 0 Å². The second-order valence-corrected chi connectivity index (χ2v) is 4.09. The maximum Gasteiger partial charge on any atom is 0.0579 e. The van der Waals surface area contributed by atoms with Gasteiger partial charge < -0.3 is 9.84 Å². The third kappa shape index (κ3) is 4.10. The molecule has 0 radical (unpaired) electrons. The van der Waals surface area contributed by atoms with Crippen LogP contribution in [0.25, 0.3) is 0 Å². The minimum Gasteiger partial charge on any atom is -0.396 e.